The van der Waals surface area contributed by atoms with Gasteiger partial charge < -0.3 is 15.3 Å². The first-order valence-corrected chi connectivity index (χ1v) is 11.8. The van der Waals surface area contributed by atoms with E-state index in [1.54, 1.807) is 19.2 Å². The standard InChI is InChI=1S/C23H29ClF3N3O3/c1-14-22(33,23(25,26)27)21(32)30(14)11-7-16(8-12-30)15-5-9-29(10-6-15)17-3-4-18(19(24)13-17)20(31)28-2/h3-4,13-16,33H,5-12H2,1-2H3/p+1. The number of aliphatic hydroxyl groups is 1. The number of nitrogens with one attached hydrogen (secondary N) is 1. The molecule has 3 aliphatic heterocycles. The Morgan fingerprint density at radius 2 is 1.76 bits per heavy atom. The fourth-order valence-electron chi connectivity index (χ4n) is 6.10. The summed E-state index contributed by atoms with van der Waals surface area (Å²) in [5, 5.41) is 13.0. The Kier molecular flexibility index (Phi) is 6.20. The lowest BCUT2D eigenvalue weighted by Crippen LogP contribution is -2.88. The average Bonchev–Trinajstić information content (AvgIpc) is 2.81. The molecule has 2 N–H and O–H groups in total. The summed E-state index contributed by atoms with van der Waals surface area (Å²) in [6, 6.07) is 4.26. The Morgan fingerprint density at radius 1 is 1.18 bits per heavy atom. The lowest BCUT2D eigenvalue weighted by molar-refractivity contribution is -0.930. The van der Waals surface area contributed by atoms with Crippen molar-refractivity contribution in [3.05, 3.63) is 28.8 Å². The predicted molar refractivity (Wildman–Crippen MR) is 118 cm³/mol. The number of piperidine rings is 2. The molecule has 3 heterocycles. The van der Waals surface area contributed by atoms with Crippen LogP contribution in [0.2, 0.25) is 5.02 Å². The van der Waals surface area contributed by atoms with Crippen molar-refractivity contribution in [3.63, 3.8) is 0 Å². The largest absolute Gasteiger partial charge is 0.436 e. The highest BCUT2D eigenvalue weighted by atomic mass is 35.5. The fourth-order valence-corrected chi connectivity index (χ4v) is 6.36. The average molecular weight is 489 g/mol. The Morgan fingerprint density at radius 3 is 2.24 bits per heavy atom. The van der Waals surface area contributed by atoms with Gasteiger partial charge in [-0.2, -0.15) is 13.2 Å². The highest BCUT2D eigenvalue weighted by Crippen LogP contribution is 2.51. The summed E-state index contributed by atoms with van der Waals surface area (Å²) in [5.41, 5.74) is -1.81. The van der Waals surface area contributed by atoms with E-state index in [9.17, 15) is 27.9 Å². The van der Waals surface area contributed by atoms with Crippen molar-refractivity contribution < 1.29 is 32.3 Å². The third-order valence-electron chi connectivity index (χ3n) is 8.30. The zero-order chi connectivity index (χ0) is 24.2. The van der Waals surface area contributed by atoms with E-state index >= 15 is 0 Å². The molecule has 3 saturated heterocycles. The van der Waals surface area contributed by atoms with Crippen molar-refractivity contribution in [2.75, 3.05) is 38.1 Å². The number of rotatable bonds is 3. The first kappa shape index (κ1) is 24.3. The summed E-state index contributed by atoms with van der Waals surface area (Å²) < 4.78 is 39.5. The van der Waals surface area contributed by atoms with E-state index in [0.29, 0.717) is 48.4 Å². The summed E-state index contributed by atoms with van der Waals surface area (Å²) in [6.45, 7) is 3.73. The molecule has 0 aromatic heterocycles. The van der Waals surface area contributed by atoms with Crippen molar-refractivity contribution in [2.24, 2.45) is 11.8 Å². The minimum Gasteiger partial charge on any atom is -0.371 e. The summed E-state index contributed by atoms with van der Waals surface area (Å²) >= 11 is 6.29. The predicted octanol–water partition coefficient (Wildman–Crippen LogP) is 3.36. The summed E-state index contributed by atoms with van der Waals surface area (Å²) in [4.78, 5) is 26.5. The molecule has 0 bridgehead atoms. The van der Waals surface area contributed by atoms with Crippen LogP contribution in [0.5, 0.6) is 0 Å². The van der Waals surface area contributed by atoms with Gasteiger partial charge in [0.15, 0.2) is 0 Å². The van der Waals surface area contributed by atoms with E-state index < -0.39 is 23.7 Å². The first-order valence-electron chi connectivity index (χ1n) is 11.4. The molecule has 10 heteroatoms. The first-order chi connectivity index (χ1) is 15.5. The third-order valence-corrected chi connectivity index (χ3v) is 8.61. The van der Waals surface area contributed by atoms with Crippen LogP contribution in [0.25, 0.3) is 0 Å². The molecule has 3 aliphatic rings. The molecule has 33 heavy (non-hydrogen) atoms. The van der Waals surface area contributed by atoms with Gasteiger partial charge in [-0.15, -0.1) is 0 Å². The smallest absolute Gasteiger partial charge is 0.371 e. The van der Waals surface area contributed by atoms with Crippen LogP contribution in [0, 0.1) is 11.8 Å². The lowest BCUT2D eigenvalue weighted by atomic mass is 9.72. The molecule has 0 aliphatic carbocycles. The van der Waals surface area contributed by atoms with Gasteiger partial charge in [-0.1, -0.05) is 11.6 Å². The van der Waals surface area contributed by atoms with Crippen molar-refractivity contribution >= 4 is 29.1 Å². The van der Waals surface area contributed by atoms with Crippen molar-refractivity contribution in [1.82, 2.24) is 5.32 Å². The molecule has 0 radical (unpaired) electrons. The van der Waals surface area contributed by atoms with Crippen molar-refractivity contribution in [1.29, 1.82) is 0 Å². The fraction of sp³-hybridized carbons (Fsp3) is 0.652. The van der Waals surface area contributed by atoms with Gasteiger partial charge in [0.05, 0.1) is 23.7 Å². The van der Waals surface area contributed by atoms with E-state index in [2.05, 4.69) is 10.2 Å². The van der Waals surface area contributed by atoms with Crippen LogP contribution in [-0.4, -0.2) is 72.4 Å². The van der Waals surface area contributed by atoms with Crippen LogP contribution >= 0.6 is 11.6 Å². The van der Waals surface area contributed by atoms with Gasteiger partial charge in [0, 0.05) is 38.7 Å². The second-order valence-corrected chi connectivity index (χ2v) is 10.0. The number of hydrogen-bond donors (Lipinski definition) is 2. The number of amides is 2. The molecule has 3 fully saturated rings. The Hall–Kier alpha value is -1.84. The van der Waals surface area contributed by atoms with Crippen molar-refractivity contribution in [2.45, 2.75) is 50.4 Å². The number of alkyl halides is 3. The van der Waals surface area contributed by atoms with Gasteiger partial charge in [0.1, 0.15) is 6.04 Å². The maximum atomic E-state index is 13.3. The zero-order valence-electron chi connectivity index (χ0n) is 18.8. The normalized spacial score (nSPS) is 33.2. The quantitative estimate of drug-likeness (QED) is 0.505. The monoisotopic (exact) mass is 488 g/mol. The second kappa shape index (κ2) is 8.43. The summed E-state index contributed by atoms with van der Waals surface area (Å²) in [7, 11) is 1.56. The summed E-state index contributed by atoms with van der Waals surface area (Å²) in [6.07, 6.45) is -1.63. The minimum absolute atomic E-state index is 0.230. The number of β-lactam (4-membered cyclic amide) rings is 1. The Bertz CT molecular complexity index is 941. The van der Waals surface area contributed by atoms with E-state index in [1.807, 2.05) is 6.07 Å². The third kappa shape index (κ3) is 3.72. The van der Waals surface area contributed by atoms with Gasteiger partial charge in [0.25, 0.3) is 5.91 Å². The van der Waals surface area contributed by atoms with Gasteiger partial charge in [-0.05, 0) is 49.8 Å². The van der Waals surface area contributed by atoms with Crippen LogP contribution in [0.4, 0.5) is 18.9 Å². The molecule has 6 nitrogen and oxygen atoms in total. The zero-order valence-corrected chi connectivity index (χ0v) is 19.5. The molecule has 2 atom stereocenters. The highest BCUT2D eigenvalue weighted by Gasteiger charge is 2.83. The number of anilines is 1. The molecule has 4 rings (SSSR count). The van der Waals surface area contributed by atoms with E-state index in [4.69, 9.17) is 11.6 Å². The Balaban J connectivity index is 1.33. The number of carbonyl (C=O) groups is 2. The lowest BCUT2D eigenvalue weighted by Gasteiger charge is -2.59. The van der Waals surface area contributed by atoms with Crippen LogP contribution in [0.1, 0.15) is 43.0 Å². The Labute approximate surface area is 196 Å². The van der Waals surface area contributed by atoms with Crippen LogP contribution in [-0.2, 0) is 4.79 Å². The molecule has 1 aromatic rings. The number of hydrogen-bond acceptors (Lipinski definition) is 4. The molecular weight excluding hydrogens is 459 g/mol. The van der Waals surface area contributed by atoms with Crippen LogP contribution in [0.3, 0.4) is 0 Å². The number of benzene rings is 1. The molecule has 1 aromatic carbocycles. The van der Waals surface area contributed by atoms with E-state index in [1.165, 1.54) is 6.92 Å². The van der Waals surface area contributed by atoms with Crippen LogP contribution < -0.4 is 10.2 Å². The van der Waals surface area contributed by atoms with Gasteiger partial charge in [-0.25, -0.2) is 4.79 Å². The number of carbonyl (C=O) groups excluding carboxylic acids is 2. The second-order valence-electron chi connectivity index (χ2n) is 9.63. The molecule has 182 valence electrons. The van der Waals surface area contributed by atoms with Gasteiger partial charge >= 0.3 is 17.7 Å². The molecular formula is C23H30ClF3N3O3+. The molecule has 1 spiro atoms. The number of halogens is 4. The van der Waals surface area contributed by atoms with Crippen molar-refractivity contribution in [3.8, 4) is 0 Å². The number of nitrogens with zero attached hydrogens (tertiary/aromatic N) is 2. The maximum Gasteiger partial charge on any atom is 0.436 e. The van der Waals surface area contributed by atoms with E-state index in [-0.39, 0.29) is 10.4 Å². The summed E-state index contributed by atoms with van der Waals surface area (Å²) in [5.74, 6) is -0.496. The highest BCUT2D eigenvalue weighted by molar-refractivity contribution is 6.34. The molecule has 2 amide bonds. The van der Waals surface area contributed by atoms with E-state index in [0.717, 1.165) is 31.6 Å². The van der Waals surface area contributed by atoms with Gasteiger partial charge in [-0.3, -0.25) is 9.28 Å². The molecule has 0 saturated carbocycles. The van der Waals surface area contributed by atoms with Crippen LogP contribution in [0.15, 0.2) is 18.2 Å². The maximum absolute atomic E-state index is 13.3. The topological polar surface area (TPSA) is 69.6 Å². The molecule has 2 unspecified atom stereocenters. The van der Waals surface area contributed by atoms with Gasteiger partial charge in [0.2, 0.25) is 0 Å². The number of quaternary nitrogens is 1. The minimum atomic E-state index is -4.93. The SMILES string of the molecule is CNC(=O)c1ccc(N2CCC(C3CC[N+]4(CC3)C(=O)C(O)(C(F)(F)F)C4C)CC2)cc1Cl.